The van der Waals surface area contributed by atoms with Crippen molar-refractivity contribution in [3.63, 3.8) is 0 Å². The quantitative estimate of drug-likeness (QED) is 0.249. The van der Waals surface area contributed by atoms with Gasteiger partial charge in [0.05, 0.1) is 19.1 Å². The molecule has 2 fully saturated rings. The van der Waals surface area contributed by atoms with Crippen LogP contribution in [0.25, 0.3) is 0 Å². The van der Waals surface area contributed by atoms with Crippen molar-refractivity contribution in [1.29, 1.82) is 0 Å². The number of anilines is 1. The molecule has 6 rings (SSSR count). The molecule has 1 saturated carbocycles. The van der Waals surface area contributed by atoms with E-state index in [2.05, 4.69) is 5.32 Å². The number of hydrogen-bond donors (Lipinski definition) is 2. The first-order chi connectivity index (χ1) is 21.2. The molecule has 3 aromatic carbocycles. The van der Waals surface area contributed by atoms with Crippen molar-refractivity contribution in [2.45, 2.75) is 51.5 Å². The summed E-state index contributed by atoms with van der Waals surface area (Å²) in [5.74, 6) is -1.77. The van der Waals surface area contributed by atoms with E-state index in [4.69, 9.17) is 25.8 Å². The molecule has 8 nitrogen and oxygen atoms in total. The number of benzene rings is 3. The van der Waals surface area contributed by atoms with Crippen molar-refractivity contribution in [3.05, 3.63) is 81.6 Å². The minimum absolute atomic E-state index is 0.0282. The smallest absolute Gasteiger partial charge is 0.309 e. The molecule has 10 heteroatoms. The van der Waals surface area contributed by atoms with Crippen LogP contribution < -0.4 is 19.5 Å². The number of ether oxygens (including phenoxy) is 3. The number of likely N-dealkylation sites (tertiary alicyclic amines) is 1. The summed E-state index contributed by atoms with van der Waals surface area (Å²) >= 11 is 6.32. The predicted octanol–water partition coefficient (Wildman–Crippen LogP) is 6.60. The van der Waals surface area contributed by atoms with Gasteiger partial charge in [-0.1, -0.05) is 37.6 Å². The SMILES string of the molecule is CCc1cc(Cl)cc(CC)c1NC(=O)CN1C[C@H](c2cc3c(cc2F)OCO3)C(C(=O)O)[C@@H]1c1ccc(OCC2CC2)cc1. The topological polar surface area (TPSA) is 97.3 Å². The summed E-state index contributed by atoms with van der Waals surface area (Å²) in [7, 11) is 0. The highest BCUT2D eigenvalue weighted by Gasteiger charge is 2.49. The number of fused-ring (bicyclic) bond motifs is 1. The fourth-order valence-corrected chi connectivity index (χ4v) is 6.65. The third-order valence-corrected chi connectivity index (χ3v) is 9.04. The lowest BCUT2D eigenvalue weighted by Crippen LogP contribution is -2.35. The van der Waals surface area contributed by atoms with Gasteiger partial charge in [-0.25, -0.2) is 4.39 Å². The van der Waals surface area contributed by atoms with Crippen LogP contribution in [-0.2, 0) is 22.4 Å². The molecule has 0 spiro atoms. The number of rotatable bonds is 11. The van der Waals surface area contributed by atoms with Crippen molar-refractivity contribution in [2.24, 2.45) is 11.8 Å². The maximum absolute atomic E-state index is 15.5. The number of hydrogen-bond acceptors (Lipinski definition) is 6. The van der Waals surface area contributed by atoms with Crippen LogP contribution >= 0.6 is 11.6 Å². The average molecular weight is 623 g/mol. The van der Waals surface area contributed by atoms with E-state index in [1.54, 1.807) is 0 Å². The number of halogens is 2. The van der Waals surface area contributed by atoms with Crippen LogP contribution in [0.2, 0.25) is 5.02 Å². The molecular weight excluding hydrogens is 587 g/mol. The Morgan fingerprint density at radius 1 is 1.05 bits per heavy atom. The van der Waals surface area contributed by atoms with Gasteiger partial charge in [-0.2, -0.15) is 0 Å². The molecule has 232 valence electrons. The molecule has 2 aliphatic heterocycles. The molecule has 2 N–H and O–H groups in total. The summed E-state index contributed by atoms with van der Waals surface area (Å²) in [5.41, 5.74) is 3.50. The number of carbonyl (C=O) groups is 2. The van der Waals surface area contributed by atoms with Gasteiger partial charge in [-0.3, -0.25) is 14.5 Å². The minimum atomic E-state index is -1.08. The molecule has 1 saturated heterocycles. The number of aryl methyl sites for hydroxylation is 2. The molecule has 3 aliphatic rings. The second-order valence-electron chi connectivity index (χ2n) is 11.7. The summed E-state index contributed by atoms with van der Waals surface area (Å²) in [5, 5.41) is 14.3. The Kier molecular flexibility index (Phi) is 8.69. The van der Waals surface area contributed by atoms with Crippen LogP contribution in [0.3, 0.4) is 0 Å². The molecular formula is C34H36ClFN2O6. The minimum Gasteiger partial charge on any atom is -0.493 e. The largest absolute Gasteiger partial charge is 0.493 e. The van der Waals surface area contributed by atoms with Crippen molar-refractivity contribution in [3.8, 4) is 17.2 Å². The van der Waals surface area contributed by atoms with Crippen molar-refractivity contribution < 1.29 is 33.3 Å². The van der Waals surface area contributed by atoms with E-state index in [0.717, 1.165) is 16.8 Å². The van der Waals surface area contributed by atoms with E-state index in [9.17, 15) is 14.7 Å². The van der Waals surface area contributed by atoms with Gasteiger partial charge in [0.2, 0.25) is 12.7 Å². The predicted molar refractivity (Wildman–Crippen MR) is 164 cm³/mol. The zero-order valence-corrected chi connectivity index (χ0v) is 25.5. The molecule has 1 aliphatic carbocycles. The Morgan fingerprint density at radius 3 is 2.32 bits per heavy atom. The van der Waals surface area contributed by atoms with Gasteiger partial charge >= 0.3 is 5.97 Å². The van der Waals surface area contributed by atoms with Crippen molar-refractivity contribution in [1.82, 2.24) is 4.90 Å². The highest BCUT2D eigenvalue weighted by Crippen LogP contribution is 2.48. The zero-order chi connectivity index (χ0) is 31.0. The number of aliphatic carboxylic acids is 1. The van der Waals surface area contributed by atoms with Crippen LogP contribution in [-0.4, -0.2) is 48.4 Å². The molecule has 0 aromatic heterocycles. The zero-order valence-electron chi connectivity index (χ0n) is 24.8. The first-order valence-electron chi connectivity index (χ1n) is 15.2. The van der Waals surface area contributed by atoms with E-state index in [-0.39, 0.29) is 37.1 Å². The first kappa shape index (κ1) is 30.2. The molecule has 0 bridgehead atoms. The Labute approximate surface area is 261 Å². The number of nitrogens with zero attached hydrogens (tertiary/aromatic N) is 1. The summed E-state index contributed by atoms with van der Waals surface area (Å²) < 4.78 is 32.2. The molecule has 2 heterocycles. The lowest BCUT2D eigenvalue weighted by atomic mass is 9.82. The normalized spacial score (nSPS) is 21.0. The Morgan fingerprint density at radius 2 is 1.70 bits per heavy atom. The lowest BCUT2D eigenvalue weighted by molar-refractivity contribution is -0.143. The van der Waals surface area contributed by atoms with E-state index in [1.165, 1.54) is 25.0 Å². The third kappa shape index (κ3) is 6.21. The molecule has 44 heavy (non-hydrogen) atoms. The van der Waals surface area contributed by atoms with E-state index in [0.29, 0.717) is 47.5 Å². The number of carbonyl (C=O) groups excluding carboxylic acids is 1. The summed E-state index contributed by atoms with van der Waals surface area (Å²) in [6, 6.07) is 13.1. The summed E-state index contributed by atoms with van der Waals surface area (Å²) in [6.45, 7) is 4.68. The summed E-state index contributed by atoms with van der Waals surface area (Å²) in [6.07, 6.45) is 3.70. The number of carboxylic acids is 1. The molecule has 1 amide bonds. The van der Waals surface area contributed by atoms with Crippen LogP contribution in [0.5, 0.6) is 17.2 Å². The summed E-state index contributed by atoms with van der Waals surface area (Å²) in [4.78, 5) is 28.4. The Hall–Kier alpha value is -3.82. The van der Waals surface area contributed by atoms with Crippen molar-refractivity contribution in [2.75, 3.05) is 31.8 Å². The van der Waals surface area contributed by atoms with Gasteiger partial charge in [0, 0.05) is 35.3 Å². The van der Waals surface area contributed by atoms with Crippen molar-refractivity contribution >= 4 is 29.2 Å². The van der Waals surface area contributed by atoms with Gasteiger partial charge < -0.3 is 24.6 Å². The van der Waals surface area contributed by atoms with Gasteiger partial charge in [-0.05, 0) is 84.2 Å². The monoisotopic (exact) mass is 622 g/mol. The first-order valence-corrected chi connectivity index (χ1v) is 15.5. The van der Waals surface area contributed by atoms with Gasteiger partial charge in [-0.15, -0.1) is 0 Å². The highest BCUT2D eigenvalue weighted by atomic mass is 35.5. The van der Waals surface area contributed by atoms with Gasteiger partial charge in [0.15, 0.2) is 11.5 Å². The highest BCUT2D eigenvalue weighted by molar-refractivity contribution is 6.30. The third-order valence-electron chi connectivity index (χ3n) is 8.82. The fraction of sp³-hybridized carbons (Fsp3) is 0.412. The molecule has 0 radical (unpaired) electrons. The van der Waals surface area contributed by atoms with Crippen LogP contribution in [0.4, 0.5) is 10.1 Å². The average Bonchev–Trinajstić information content (AvgIpc) is 3.61. The van der Waals surface area contributed by atoms with Crippen LogP contribution in [0.1, 0.15) is 60.9 Å². The maximum Gasteiger partial charge on any atom is 0.309 e. The number of carboxylic acid groups (broad SMARTS) is 1. The second-order valence-corrected chi connectivity index (χ2v) is 12.2. The van der Waals surface area contributed by atoms with Crippen LogP contribution in [0.15, 0.2) is 48.5 Å². The molecule has 3 atom stereocenters. The molecule has 3 aromatic rings. The van der Waals surface area contributed by atoms with E-state index in [1.807, 2.05) is 55.1 Å². The molecule has 1 unspecified atom stereocenters. The lowest BCUT2D eigenvalue weighted by Gasteiger charge is -2.27. The van der Waals surface area contributed by atoms with Gasteiger partial charge in [0.25, 0.3) is 0 Å². The van der Waals surface area contributed by atoms with E-state index >= 15 is 4.39 Å². The maximum atomic E-state index is 15.5. The Bertz CT molecular complexity index is 1540. The standard InChI is InChI=1S/C34H36ClFN2O6/c1-3-20-11-23(35)12-21(4-2)32(20)37-30(39)16-38-15-26(25-13-28-29(14-27(25)36)44-18-43-28)31(34(40)41)33(38)22-7-9-24(10-8-22)42-17-19-5-6-19/h7-14,19,26,31,33H,3-6,15-18H2,1-2H3,(H,37,39)(H,40,41)/t26-,31?,33+/m1/s1. The number of nitrogens with one attached hydrogen (secondary N) is 1. The van der Waals surface area contributed by atoms with Crippen LogP contribution in [0, 0.1) is 17.7 Å². The fourth-order valence-electron chi connectivity index (χ4n) is 6.39. The van der Waals surface area contributed by atoms with E-state index < -0.39 is 29.7 Å². The second kappa shape index (κ2) is 12.7. The Balaban J connectivity index is 1.33. The van der Waals surface area contributed by atoms with Gasteiger partial charge in [0.1, 0.15) is 11.6 Å². The number of amides is 1.